The van der Waals surface area contributed by atoms with E-state index in [1.165, 1.54) is 12.1 Å². The molecule has 3 N–H and O–H groups in total. The third kappa shape index (κ3) is 7.43. The Balaban J connectivity index is 1.79. The second-order valence-corrected chi connectivity index (χ2v) is 5.88. The van der Waals surface area contributed by atoms with E-state index in [4.69, 9.17) is 4.74 Å². The van der Waals surface area contributed by atoms with Crippen LogP contribution in [0.1, 0.15) is 18.2 Å². The molecular formula is C19H23F3N4O2. The molecule has 6 nitrogen and oxygen atoms in total. The minimum Gasteiger partial charge on any atom is -0.491 e. The van der Waals surface area contributed by atoms with Crippen molar-refractivity contribution in [1.29, 1.82) is 0 Å². The predicted molar refractivity (Wildman–Crippen MR) is 100 cm³/mol. The van der Waals surface area contributed by atoms with Gasteiger partial charge >= 0.3 is 6.18 Å². The molecule has 0 saturated carbocycles. The highest BCUT2D eigenvalue weighted by Gasteiger charge is 2.30. The van der Waals surface area contributed by atoms with Crippen LogP contribution in [0.4, 0.5) is 13.2 Å². The van der Waals surface area contributed by atoms with Crippen LogP contribution >= 0.6 is 0 Å². The lowest BCUT2D eigenvalue weighted by atomic mass is 10.2. The van der Waals surface area contributed by atoms with Crippen LogP contribution < -0.4 is 15.4 Å². The third-order valence-corrected chi connectivity index (χ3v) is 3.60. The molecule has 2 rings (SSSR count). The maximum absolute atomic E-state index is 12.5. The molecule has 28 heavy (non-hydrogen) atoms. The van der Waals surface area contributed by atoms with Gasteiger partial charge in [-0.25, -0.2) is 4.99 Å². The quantitative estimate of drug-likeness (QED) is 0.472. The molecule has 9 heteroatoms. The molecule has 1 aromatic carbocycles. The van der Waals surface area contributed by atoms with Crippen molar-refractivity contribution < 1.29 is 23.0 Å². The van der Waals surface area contributed by atoms with Gasteiger partial charge in [-0.05, 0) is 43.3 Å². The number of halogens is 3. The van der Waals surface area contributed by atoms with Crippen LogP contribution in [0.15, 0.2) is 53.7 Å². The Labute approximate surface area is 161 Å². The molecule has 2 aromatic rings. The fourth-order valence-electron chi connectivity index (χ4n) is 2.20. The molecule has 0 bridgehead atoms. The Kier molecular flexibility index (Phi) is 8.06. The largest absolute Gasteiger partial charge is 0.491 e. The lowest BCUT2D eigenvalue weighted by molar-refractivity contribution is -0.137. The highest BCUT2D eigenvalue weighted by Crippen LogP contribution is 2.30. The Morgan fingerprint density at radius 3 is 2.54 bits per heavy atom. The number of rotatable bonds is 8. The molecule has 0 aliphatic rings. The first-order valence-electron chi connectivity index (χ1n) is 8.78. The van der Waals surface area contributed by atoms with E-state index in [9.17, 15) is 18.3 Å². The van der Waals surface area contributed by atoms with Crippen LogP contribution in [0.3, 0.4) is 0 Å². The number of hydrogen-bond donors (Lipinski definition) is 3. The van der Waals surface area contributed by atoms with E-state index in [-0.39, 0.29) is 18.9 Å². The second-order valence-electron chi connectivity index (χ2n) is 5.88. The molecule has 0 aliphatic heterocycles. The summed E-state index contributed by atoms with van der Waals surface area (Å²) in [6.07, 6.45) is -3.58. The van der Waals surface area contributed by atoms with Gasteiger partial charge in [-0.1, -0.05) is 6.07 Å². The van der Waals surface area contributed by atoms with Gasteiger partial charge in [0.05, 0.1) is 17.8 Å². The lowest BCUT2D eigenvalue weighted by Crippen LogP contribution is -2.42. The molecule has 0 fully saturated rings. The first-order valence-corrected chi connectivity index (χ1v) is 8.78. The number of aliphatic hydroxyl groups is 1. The number of hydrogen-bond acceptors (Lipinski definition) is 4. The predicted octanol–water partition coefficient (Wildman–Crippen LogP) is 2.60. The summed E-state index contributed by atoms with van der Waals surface area (Å²) in [5.74, 6) is 0.768. The van der Waals surface area contributed by atoms with Crippen LogP contribution in [0.25, 0.3) is 0 Å². The molecule has 0 radical (unpaired) electrons. The Bertz CT molecular complexity index is 737. The number of aliphatic imine (C=N–C) groups is 1. The zero-order valence-corrected chi connectivity index (χ0v) is 15.4. The van der Waals surface area contributed by atoms with Gasteiger partial charge in [-0.3, -0.25) is 4.98 Å². The monoisotopic (exact) mass is 396 g/mol. The zero-order chi connectivity index (χ0) is 20.4. The van der Waals surface area contributed by atoms with Crippen molar-refractivity contribution >= 4 is 5.96 Å². The van der Waals surface area contributed by atoms with E-state index < -0.39 is 17.8 Å². The first kappa shape index (κ1) is 21.5. The summed E-state index contributed by atoms with van der Waals surface area (Å²) in [7, 11) is 0. The van der Waals surface area contributed by atoms with E-state index in [0.29, 0.717) is 19.0 Å². The van der Waals surface area contributed by atoms with Gasteiger partial charge in [-0.2, -0.15) is 13.2 Å². The van der Waals surface area contributed by atoms with Crippen molar-refractivity contribution in [2.75, 3.05) is 19.7 Å². The van der Waals surface area contributed by atoms with Crippen molar-refractivity contribution in [1.82, 2.24) is 15.6 Å². The van der Waals surface area contributed by atoms with Gasteiger partial charge in [-0.15, -0.1) is 0 Å². The maximum atomic E-state index is 12.5. The molecule has 0 amide bonds. The van der Waals surface area contributed by atoms with Gasteiger partial charge in [0.15, 0.2) is 5.96 Å². The van der Waals surface area contributed by atoms with Crippen molar-refractivity contribution in [2.45, 2.75) is 25.7 Å². The number of nitrogens with one attached hydrogen (secondary N) is 2. The van der Waals surface area contributed by atoms with E-state index in [0.717, 1.165) is 17.8 Å². The highest BCUT2D eigenvalue weighted by molar-refractivity contribution is 5.79. The van der Waals surface area contributed by atoms with E-state index in [1.807, 2.05) is 25.1 Å². The zero-order valence-electron chi connectivity index (χ0n) is 15.4. The summed E-state index contributed by atoms with van der Waals surface area (Å²) in [4.78, 5) is 8.57. The SMILES string of the molecule is CCNC(=NCc1ccccn1)NCC(O)COc1ccc(C(F)(F)F)cc1. The maximum Gasteiger partial charge on any atom is 0.416 e. The normalized spacial score (nSPS) is 13.1. The number of pyridine rings is 1. The molecule has 0 saturated heterocycles. The summed E-state index contributed by atoms with van der Waals surface area (Å²) < 4.78 is 42.9. The van der Waals surface area contributed by atoms with E-state index in [1.54, 1.807) is 6.20 Å². The lowest BCUT2D eigenvalue weighted by Gasteiger charge is -2.16. The number of guanidine groups is 1. The minimum atomic E-state index is -4.39. The standard InChI is InChI=1S/C19H23F3N4O2/c1-2-23-18(25-11-15-5-3-4-10-24-15)26-12-16(27)13-28-17-8-6-14(7-9-17)19(20,21)22/h3-10,16,27H,2,11-13H2,1H3,(H2,23,25,26). The van der Waals surface area contributed by atoms with Gasteiger partial charge in [0.1, 0.15) is 18.5 Å². The average Bonchev–Trinajstić information content (AvgIpc) is 2.69. The van der Waals surface area contributed by atoms with Crippen LogP contribution in [0.2, 0.25) is 0 Å². The summed E-state index contributed by atoms with van der Waals surface area (Å²) >= 11 is 0. The molecular weight excluding hydrogens is 373 g/mol. The van der Waals surface area contributed by atoms with Gasteiger partial charge in [0.2, 0.25) is 0 Å². The number of ether oxygens (including phenoxy) is 1. The number of aromatic nitrogens is 1. The topological polar surface area (TPSA) is 78.8 Å². The Morgan fingerprint density at radius 2 is 1.93 bits per heavy atom. The molecule has 0 spiro atoms. The number of nitrogens with zero attached hydrogens (tertiary/aromatic N) is 2. The Morgan fingerprint density at radius 1 is 1.18 bits per heavy atom. The smallest absolute Gasteiger partial charge is 0.416 e. The summed E-state index contributed by atoms with van der Waals surface area (Å²) in [5, 5.41) is 16.1. The fraction of sp³-hybridized carbons (Fsp3) is 0.368. The van der Waals surface area contributed by atoms with Crippen LogP contribution in [0, 0.1) is 0 Å². The molecule has 1 aromatic heterocycles. The minimum absolute atomic E-state index is 0.0714. The van der Waals surface area contributed by atoms with Gasteiger partial charge in [0, 0.05) is 19.3 Å². The van der Waals surface area contributed by atoms with Crippen LogP contribution in [-0.2, 0) is 12.7 Å². The molecule has 1 heterocycles. The Hall–Kier alpha value is -2.81. The van der Waals surface area contributed by atoms with E-state index in [2.05, 4.69) is 20.6 Å². The van der Waals surface area contributed by atoms with Crippen molar-refractivity contribution in [3.8, 4) is 5.75 Å². The summed E-state index contributed by atoms with van der Waals surface area (Å²) in [5.41, 5.74) is 0.0624. The second kappa shape index (κ2) is 10.5. The number of benzene rings is 1. The molecule has 152 valence electrons. The molecule has 1 unspecified atom stereocenters. The number of aliphatic hydroxyl groups excluding tert-OH is 1. The highest BCUT2D eigenvalue weighted by atomic mass is 19.4. The average molecular weight is 396 g/mol. The first-order chi connectivity index (χ1) is 13.4. The molecule has 1 atom stereocenters. The van der Waals surface area contributed by atoms with Crippen LogP contribution in [0.5, 0.6) is 5.75 Å². The summed E-state index contributed by atoms with van der Waals surface area (Å²) in [6.45, 7) is 3.04. The van der Waals surface area contributed by atoms with Crippen molar-refractivity contribution in [3.63, 3.8) is 0 Å². The van der Waals surface area contributed by atoms with Crippen LogP contribution in [-0.4, -0.2) is 41.9 Å². The van der Waals surface area contributed by atoms with Crippen molar-refractivity contribution in [2.24, 2.45) is 4.99 Å². The number of alkyl halides is 3. The van der Waals surface area contributed by atoms with E-state index >= 15 is 0 Å². The fourth-order valence-corrected chi connectivity index (χ4v) is 2.20. The molecule has 0 aliphatic carbocycles. The third-order valence-electron chi connectivity index (χ3n) is 3.60. The summed E-state index contributed by atoms with van der Waals surface area (Å²) in [6, 6.07) is 9.88. The van der Waals surface area contributed by atoms with Gasteiger partial charge < -0.3 is 20.5 Å². The van der Waals surface area contributed by atoms with Gasteiger partial charge in [0.25, 0.3) is 0 Å². The van der Waals surface area contributed by atoms with Crippen molar-refractivity contribution in [3.05, 3.63) is 59.9 Å².